The molecular weight excluding hydrogens is 168 g/mol. The van der Waals surface area contributed by atoms with Crippen LogP contribution in [0.4, 0.5) is 0 Å². The van der Waals surface area contributed by atoms with E-state index in [1.165, 1.54) is 0 Å². The van der Waals surface area contributed by atoms with Crippen molar-refractivity contribution >= 4 is 5.97 Å². The smallest absolute Gasteiger partial charge is 0.313 e. The third-order valence-corrected chi connectivity index (χ3v) is 1.29. The van der Waals surface area contributed by atoms with Crippen molar-refractivity contribution in [2.75, 3.05) is 0 Å². The number of carbonyl (C=O) groups is 1. The van der Waals surface area contributed by atoms with Crippen LogP contribution in [0, 0.1) is 0 Å². The van der Waals surface area contributed by atoms with Gasteiger partial charge in [-0.15, -0.1) is 0 Å². The number of hydrogen-bond acceptors (Lipinski definition) is 3. The third kappa shape index (κ3) is 3.73. The molecule has 0 atom stereocenters. The molecule has 1 heterocycles. The van der Waals surface area contributed by atoms with Crippen molar-refractivity contribution in [3.8, 4) is 0 Å². The average molecular weight is 182 g/mol. The van der Waals surface area contributed by atoms with Crippen LogP contribution in [0.15, 0.2) is 12.4 Å². The SMILES string of the molecule is CC(C)(C)OC(=O)Cc1ncc[nH]1. The minimum Gasteiger partial charge on any atom is -0.460 e. The molecule has 1 aromatic heterocycles. The van der Waals surface area contributed by atoms with Crippen molar-refractivity contribution in [2.45, 2.75) is 32.8 Å². The highest BCUT2D eigenvalue weighted by atomic mass is 16.6. The van der Waals surface area contributed by atoms with Gasteiger partial charge in [0.2, 0.25) is 0 Å². The molecule has 13 heavy (non-hydrogen) atoms. The molecule has 4 heteroatoms. The zero-order valence-electron chi connectivity index (χ0n) is 8.13. The molecule has 0 aliphatic rings. The van der Waals surface area contributed by atoms with Crippen LogP contribution < -0.4 is 0 Å². The number of hydrogen-bond donors (Lipinski definition) is 1. The van der Waals surface area contributed by atoms with Gasteiger partial charge in [-0.3, -0.25) is 4.79 Å². The Hall–Kier alpha value is -1.32. The normalized spacial score (nSPS) is 11.3. The quantitative estimate of drug-likeness (QED) is 0.701. The maximum atomic E-state index is 11.2. The van der Waals surface area contributed by atoms with Crippen molar-refractivity contribution in [2.24, 2.45) is 0 Å². The number of imidazole rings is 1. The molecule has 4 nitrogen and oxygen atoms in total. The maximum absolute atomic E-state index is 11.2. The second kappa shape index (κ2) is 3.60. The number of carbonyl (C=O) groups excluding carboxylic acids is 1. The van der Waals surface area contributed by atoms with Crippen molar-refractivity contribution in [1.82, 2.24) is 9.97 Å². The number of nitrogens with zero attached hydrogens (tertiary/aromatic N) is 1. The van der Waals surface area contributed by atoms with Crippen LogP contribution in [-0.4, -0.2) is 21.5 Å². The van der Waals surface area contributed by atoms with Gasteiger partial charge in [0.15, 0.2) is 0 Å². The molecule has 1 N–H and O–H groups in total. The number of ether oxygens (including phenoxy) is 1. The number of esters is 1. The number of nitrogens with one attached hydrogen (secondary N) is 1. The van der Waals surface area contributed by atoms with E-state index >= 15 is 0 Å². The molecule has 0 aliphatic heterocycles. The molecular formula is C9H14N2O2. The first-order valence-corrected chi connectivity index (χ1v) is 4.17. The predicted molar refractivity (Wildman–Crippen MR) is 48.1 cm³/mol. The van der Waals surface area contributed by atoms with Crippen LogP contribution in [0.2, 0.25) is 0 Å². The Morgan fingerprint density at radius 2 is 2.31 bits per heavy atom. The molecule has 0 unspecified atom stereocenters. The first-order valence-electron chi connectivity index (χ1n) is 4.17. The summed E-state index contributed by atoms with van der Waals surface area (Å²) in [6.45, 7) is 5.52. The zero-order chi connectivity index (χ0) is 9.90. The van der Waals surface area contributed by atoms with Gasteiger partial charge in [-0.25, -0.2) is 4.98 Å². The van der Waals surface area contributed by atoms with E-state index in [0.717, 1.165) is 0 Å². The van der Waals surface area contributed by atoms with E-state index in [2.05, 4.69) is 9.97 Å². The Bertz CT molecular complexity index is 272. The van der Waals surface area contributed by atoms with E-state index in [-0.39, 0.29) is 12.4 Å². The first kappa shape index (κ1) is 9.77. The maximum Gasteiger partial charge on any atom is 0.313 e. The van der Waals surface area contributed by atoms with Gasteiger partial charge in [-0.05, 0) is 20.8 Å². The third-order valence-electron chi connectivity index (χ3n) is 1.29. The van der Waals surface area contributed by atoms with E-state index in [0.29, 0.717) is 5.82 Å². The van der Waals surface area contributed by atoms with E-state index in [4.69, 9.17) is 4.74 Å². The molecule has 0 saturated carbocycles. The second-order valence-corrected chi connectivity index (χ2v) is 3.80. The van der Waals surface area contributed by atoms with E-state index < -0.39 is 5.60 Å². The van der Waals surface area contributed by atoms with Crippen LogP contribution in [0.1, 0.15) is 26.6 Å². The summed E-state index contributed by atoms with van der Waals surface area (Å²) in [5.74, 6) is 0.372. The first-order chi connectivity index (χ1) is 5.97. The molecule has 0 radical (unpaired) electrons. The Balaban J connectivity index is 2.43. The fourth-order valence-corrected chi connectivity index (χ4v) is 0.909. The summed E-state index contributed by atoms with van der Waals surface area (Å²) in [4.78, 5) is 18.0. The second-order valence-electron chi connectivity index (χ2n) is 3.80. The molecule has 0 amide bonds. The van der Waals surface area contributed by atoms with Crippen molar-refractivity contribution in [1.29, 1.82) is 0 Å². The molecule has 0 aliphatic carbocycles. The molecule has 0 saturated heterocycles. The van der Waals surface area contributed by atoms with E-state index in [1.807, 2.05) is 20.8 Å². The summed E-state index contributed by atoms with van der Waals surface area (Å²) in [6, 6.07) is 0. The lowest BCUT2D eigenvalue weighted by atomic mass is 10.2. The van der Waals surface area contributed by atoms with E-state index in [1.54, 1.807) is 12.4 Å². The fraction of sp³-hybridized carbons (Fsp3) is 0.556. The number of aromatic nitrogens is 2. The zero-order valence-corrected chi connectivity index (χ0v) is 8.13. The number of aromatic amines is 1. The standard InChI is InChI=1S/C9H14N2O2/c1-9(2,3)13-8(12)6-7-10-4-5-11-7/h4-5H,6H2,1-3H3,(H,10,11). The monoisotopic (exact) mass is 182 g/mol. The minimum atomic E-state index is -0.427. The summed E-state index contributed by atoms with van der Waals surface area (Å²) < 4.78 is 5.11. The summed E-state index contributed by atoms with van der Waals surface area (Å²) >= 11 is 0. The summed E-state index contributed by atoms with van der Waals surface area (Å²) in [7, 11) is 0. The predicted octanol–water partition coefficient (Wildman–Crippen LogP) is 1.29. The Morgan fingerprint density at radius 3 is 2.77 bits per heavy atom. The molecule has 72 valence electrons. The van der Waals surface area contributed by atoms with Crippen LogP contribution in [0.5, 0.6) is 0 Å². The molecule has 0 bridgehead atoms. The van der Waals surface area contributed by atoms with Crippen molar-refractivity contribution in [3.63, 3.8) is 0 Å². The largest absolute Gasteiger partial charge is 0.460 e. The highest BCUT2D eigenvalue weighted by Crippen LogP contribution is 2.08. The van der Waals surface area contributed by atoms with Gasteiger partial charge in [-0.1, -0.05) is 0 Å². The Morgan fingerprint density at radius 1 is 1.62 bits per heavy atom. The van der Waals surface area contributed by atoms with Gasteiger partial charge >= 0.3 is 5.97 Å². The van der Waals surface area contributed by atoms with Gasteiger partial charge in [0.05, 0.1) is 0 Å². The van der Waals surface area contributed by atoms with Crippen LogP contribution in [0.3, 0.4) is 0 Å². The topological polar surface area (TPSA) is 55.0 Å². The summed E-state index contributed by atoms with van der Waals surface area (Å²) in [5, 5.41) is 0. The molecule has 1 aromatic rings. The van der Waals surface area contributed by atoms with E-state index in [9.17, 15) is 4.79 Å². The fourth-order valence-electron chi connectivity index (χ4n) is 0.909. The van der Waals surface area contributed by atoms with Crippen molar-refractivity contribution in [3.05, 3.63) is 18.2 Å². The Labute approximate surface area is 77.3 Å². The van der Waals surface area contributed by atoms with Gasteiger partial charge in [0.25, 0.3) is 0 Å². The van der Waals surface area contributed by atoms with Crippen LogP contribution in [0.25, 0.3) is 0 Å². The number of rotatable bonds is 2. The van der Waals surface area contributed by atoms with Crippen molar-refractivity contribution < 1.29 is 9.53 Å². The van der Waals surface area contributed by atoms with Gasteiger partial charge in [0, 0.05) is 12.4 Å². The number of H-pyrrole nitrogens is 1. The Kier molecular flexibility index (Phi) is 2.70. The molecule has 0 fully saturated rings. The lowest BCUT2D eigenvalue weighted by Gasteiger charge is -2.18. The highest BCUT2D eigenvalue weighted by Gasteiger charge is 2.16. The summed E-state index contributed by atoms with van der Waals surface area (Å²) in [6.07, 6.45) is 3.49. The van der Waals surface area contributed by atoms with Gasteiger partial charge < -0.3 is 9.72 Å². The lowest BCUT2D eigenvalue weighted by molar-refractivity contribution is -0.154. The van der Waals surface area contributed by atoms with Gasteiger partial charge in [-0.2, -0.15) is 0 Å². The van der Waals surface area contributed by atoms with Crippen LogP contribution in [-0.2, 0) is 16.0 Å². The highest BCUT2D eigenvalue weighted by molar-refractivity contribution is 5.71. The minimum absolute atomic E-state index is 0.199. The molecule has 0 spiro atoms. The molecule has 0 aromatic carbocycles. The lowest BCUT2D eigenvalue weighted by Crippen LogP contribution is -2.25. The summed E-state index contributed by atoms with van der Waals surface area (Å²) in [5.41, 5.74) is -0.427. The van der Waals surface area contributed by atoms with Gasteiger partial charge in [0.1, 0.15) is 17.8 Å². The average Bonchev–Trinajstić information content (AvgIpc) is 2.34. The van der Waals surface area contributed by atoms with Crippen LogP contribution >= 0.6 is 0 Å². The molecule has 1 rings (SSSR count).